The van der Waals surface area contributed by atoms with Crippen LogP contribution in [0.25, 0.3) is 32.8 Å². The van der Waals surface area contributed by atoms with Gasteiger partial charge < -0.3 is 9.84 Å². The smallest absolute Gasteiger partial charge is 0.162 e. The van der Waals surface area contributed by atoms with E-state index < -0.39 is 0 Å². The summed E-state index contributed by atoms with van der Waals surface area (Å²) in [7, 11) is 0. The van der Waals surface area contributed by atoms with Crippen LogP contribution >= 0.6 is 11.8 Å². The molecule has 4 aromatic rings. The van der Waals surface area contributed by atoms with E-state index in [1.165, 1.54) is 54.1 Å². The number of allylic oxidation sites excluding steroid dienone is 2. The molecule has 3 aromatic carbocycles. The van der Waals surface area contributed by atoms with Crippen LogP contribution in [0.4, 0.5) is 0 Å². The van der Waals surface area contributed by atoms with Gasteiger partial charge in [-0.05, 0) is 89.6 Å². The van der Waals surface area contributed by atoms with Crippen LogP contribution in [-0.4, -0.2) is 29.1 Å². The number of carbonyl (C=O) groups excluding carboxylic acids is 1. The molecule has 0 spiro atoms. The monoisotopic (exact) mass is 843 g/mol. The molecule has 48 heavy (non-hydrogen) atoms. The SMILES string of the molecule is CC(C)(C)Cc1c2c([c-]c3ccccc13)-c1nccc3cc(C4CCOCC4)cc(c13)S2.CCC(CC)C(=O)/C=C(\O)C(CC)CC.[Ir]. The van der Waals surface area contributed by atoms with Crippen LogP contribution < -0.4 is 0 Å². The third-order valence-electron chi connectivity index (χ3n) is 9.79. The molecule has 6 heteroatoms. The Morgan fingerprint density at radius 1 is 1.02 bits per heavy atom. The quantitative estimate of drug-likeness (QED) is 0.0910. The van der Waals surface area contributed by atoms with Gasteiger partial charge in [0.1, 0.15) is 0 Å². The minimum absolute atomic E-state index is 0. The van der Waals surface area contributed by atoms with Crippen LogP contribution in [0, 0.1) is 23.3 Å². The molecule has 4 nitrogen and oxygen atoms in total. The number of benzene rings is 3. The normalized spacial score (nSPS) is 14.9. The van der Waals surface area contributed by atoms with E-state index in [2.05, 4.69) is 69.3 Å². The number of aromatic nitrogens is 1. The van der Waals surface area contributed by atoms with E-state index in [1.54, 1.807) is 0 Å². The molecular formula is C42H52IrNO3S-. The summed E-state index contributed by atoms with van der Waals surface area (Å²) in [6.07, 6.45) is 10.1. The molecule has 0 unspecified atom stereocenters. The summed E-state index contributed by atoms with van der Waals surface area (Å²) in [5, 5.41) is 14.9. The molecule has 259 valence electrons. The fraction of sp³-hybridized carbons (Fsp3) is 0.476. The summed E-state index contributed by atoms with van der Waals surface area (Å²) < 4.78 is 5.63. The first-order valence-corrected chi connectivity index (χ1v) is 18.5. The first kappa shape index (κ1) is 38.3. The third kappa shape index (κ3) is 8.61. The maximum absolute atomic E-state index is 11.7. The zero-order valence-electron chi connectivity index (χ0n) is 29.7. The van der Waals surface area contributed by atoms with Gasteiger partial charge in [-0.2, -0.15) is 0 Å². The maximum Gasteiger partial charge on any atom is 0.162 e. The van der Waals surface area contributed by atoms with Crippen molar-refractivity contribution >= 4 is 39.1 Å². The number of pyridine rings is 1. The summed E-state index contributed by atoms with van der Waals surface area (Å²) in [6.45, 7) is 16.8. The molecule has 1 radical (unpaired) electrons. The van der Waals surface area contributed by atoms with Crippen LogP contribution in [0.2, 0.25) is 0 Å². The van der Waals surface area contributed by atoms with Crippen LogP contribution in [0.3, 0.4) is 0 Å². The number of rotatable bonds is 9. The van der Waals surface area contributed by atoms with Crippen LogP contribution in [-0.2, 0) is 36.1 Å². The molecule has 0 bridgehead atoms. The van der Waals surface area contributed by atoms with Gasteiger partial charge >= 0.3 is 0 Å². The zero-order chi connectivity index (χ0) is 33.7. The minimum atomic E-state index is 0. The topological polar surface area (TPSA) is 59.4 Å². The largest absolute Gasteiger partial charge is 0.512 e. The molecule has 1 aromatic heterocycles. The molecule has 0 aliphatic carbocycles. The van der Waals surface area contributed by atoms with Crippen molar-refractivity contribution in [3.05, 3.63) is 77.7 Å². The van der Waals surface area contributed by atoms with E-state index in [4.69, 9.17) is 9.72 Å². The van der Waals surface area contributed by atoms with Gasteiger partial charge in [0.25, 0.3) is 0 Å². The van der Waals surface area contributed by atoms with Crippen LogP contribution in [0.1, 0.15) is 104 Å². The van der Waals surface area contributed by atoms with E-state index in [0.717, 1.165) is 63.9 Å². The van der Waals surface area contributed by atoms with Crippen molar-refractivity contribution in [2.24, 2.45) is 17.3 Å². The van der Waals surface area contributed by atoms with E-state index in [-0.39, 0.29) is 48.9 Å². The number of fused-ring (bicyclic) bond motifs is 3. The van der Waals surface area contributed by atoms with Gasteiger partial charge in [0.2, 0.25) is 0 Å². The number of nitrogens with zero attached hydrogens (tertiary/aromatic N) is 1. The van der Waals surface area contributed by atoms with Gasteiger partial charge in [0.15, 0.2) is 5.78 Å². The number of carbonyl (C=O) groups is 1. The predicted octanol–water partition coefficient (Wildman–Crippen LogP) is 11.7. The molecule has 1 N–H and O–H groups in total. The molecule has 6 rings (SSSR count). The van der Waals surface area contributed by atoms with Crippen molar-refractivity contribution in [3.63, 3.8) is 0 Å². The number of aliphatic hydroxyl groups excluding tert-OH is 1. The summed E-state index contributed by atoms with van der Waals surface area (Å²) in [4.78, 5) is 19.3. The van der Waals surface area contributed by atoms with Crippen molar-refractivity contribution in [1.29, 1.82) is 0 Å². The Hall–Kier alpha value is -2.50. The van der Waals surface area contributed by atoms with Crippen molar-refractivity contribution in [2.75, 3.05) is 13.2 Å². The van der Waals surface area contributed by atoms with E-state index in [9.17, 15) is 9.90 Å². The average Bonchev–Trinajstić information content (AvgIpc) is 3.06. The Balaban J connectivity index is 0.000000279. The second-order valence-electron chi connectivity index (χ2n) is 14.4. The summed E-state index contributed by atoms with van der Waals surface area (Å²) in [5.74, 6) is 1.13. The summed E-state index contributed by atoms with van der Waals surface area (Å²) in [6, 6.07) is 19.5. The number of ketones is 1. The molecule has 0 saturated carbocycles. The van der Waals surface area contributed by atoms with Crippen molar-refractivity contribution in [1.82, 2.24) is 4.98 Å². The Morgan fingerprint density at radius 2 is 1.69 bits per heavy atom. The van der Waals surface area contributed by atoms with Crippen LogP contribution in [0.15, 0.2) is 70.3 Å². The van der Waals surface area contributed by atoms with Crippen LogP contribution in [0.5, 0.6) is 0 Å². The summed E-state index contributed by atoms with van der Waals surface area (Å²) in [5.41, 5.74) is 5.34. The van der Waals surface area contributed by atoms with Crippen molar-refractivity contribution in [2.45, 2.75) is 109 Å². The first-order valence-electron chi connectivity index (χ1n) is 17.7. The number of ether oxygens (including phenoxy) is 1. The average molecular weight is 843 g/mol. The Bertz CT molecular complexity index is 1740. The van der Waals surface area contributed by atoms with Gasteiger partial charge in [0.05, 0.1) is 5.76 Å². The van der Waals surface area contributed by atoms with Gasteiger partial charge in [0, 0.05) is 68.0 Å². The molecule has 3 heterocycles. The van der Waals surface area contributed by atoms with E-state index >= 15 is 0 Å². The maximum atomic E-state index is 11.7. The third-order valence-corrected chi connectivity index (χ3v) is 11.0. The Labute approximate surface area is 305 Å². The Morgan fingerprint density at radius 3 is 2.33 bits per heavy atom. The van der Waals surface area contributed by atoms with Gasteiger partial charge in [-0.25, -0.2) is 0 Å². The van der Waals surface area contributed by atoms with E-state index in [1.807, 2.05) is 45.7 Å². The first-order chi connectivity index (χ1) is 22.6. The molecule has 0 atom stereocenters. The van der Waals surface area contributed by atoms with Gasteiger partial charge in [-0.15, -0.1) is 29.3 Å². The molecule has 2 aliphatic rings. The minimum Gasteiger partial charge on any atom is -0.512 e. The second kappa shape index (κ2) is 16.9. The fourth-order valence-electron chi connectivity index (χ4n) is 7.03. The van der Waals surface area contributed by atoms with Gasteiger partial charge in [-0.3, -0.25) is 9.78 Å². The molecule has 1 fully saturated rings. The number of hydrogen-bond acceptors (Lipinski definition) is 5. The van der Waals surface area contributed by atoms with E-state index in [0.29, 0.717) is 5.92 Å². The predicted molar refractivity (Wildman–Crippen MR) is 197 cm³/mol. The number of aliphatic hydroxyl groups is 1. The fourth-order valence-corrected chi connectivity index (χ4v) is 8.32. The molecular weight excluding hydrogens is 791 g/mol. The molecule has 1 saturated heterocycles. The number of hydrogen-bond donors (Lipinski definition) is 1. The Kier molecular flexibility index (Phi) is 13.5. The molecule has 0 amide bonds. The van der Waals surface area contributed by atoms with Crippen molar-refractivity contribution in [3.8, 4) is 11.3 Å². The zero-order valence-corrected chi connectivity index (χ0v) is 33.0. The standard InChI is InChI=1S/C29H28NOS.C13H24O2.Ir/c1-29(2,3)17-24-22-7-5-4-6-19(22)15-23-27-26-20(8-11-30-27)14-21(16-25(26)32-28(23)24)18-9-12-31-13-10-18;1-5-10(6-2)12(14)9-13(15)11(7-3)8-4;/h4-8,11,14,16,18H,9-10,12-13,17H2,1-3H3;9-11,14H,5-8H2,1-4H3;/q-1;;/b;12-9-;. The summed E-state index contributed by atoms with van der Waals surface area (Å²) >= 11 is 1.93. The van der Waals surface area contributed by atoms with Crippen molar-refractivity contribution < 1.29 is 34.7 Å². The molecule has 2 aliphatic heterocycles. The van der Waals surface area contributed by atoms with Gasteiger partial charge in [-0.1, -0.05) is 89.2 Å². The second-order valence-corrected chi connectivity index (χ2v) is 15.4.